The quantitative estimate of drug-likeness (QED) is 0.855. The highest BCUT2D eigenvalue weighted by molar-refractivity contribution is 5.41. The van der Waals surface area contributed by atoms with Crippen molar-refractivity contribution in [3.05, 3.63) is 17.3 Å². The van der Waals surface area contributed by atoms with Crippen LogP contribution in [0.25, 0.3) is 0 Å². The van der Waals surface area contributed by atoms with Crippen LogP contribution in [0.4, 0.5) is 22.0 Å². The summed E-state index contributed by atoms with van der Waals surface area (Å²) in [5, 5.41) is 0. The van der Waals surface area contributed by atoms with Crippen molar-refractivity contribution in [1.29, 1.82) is 0 Å². The largest absolute Gasteiger partial charge is 0.574 e. The summed E-state index contributed by atoms with van der Waals surface area (Å²) in [5.74, 6) is -1.35. The van der Waals surface area contributed by atoms with Gasteiger partial charge in [-0.05, 0) is 0 Å². The fourth-order valence-corrected chi connectivity index (χ4v) is 1.29. The first-order valence-electron chi connectivity index (χ1n) is 4.60. The topological polar surface area (TPSA) is 57.4 Å². The Balaban J connectivity index is 3.27. The molecule has 0 fully saturated rings. The van der Waals surface area contributed by atoms with Crippen LogP contribution in [0.1, 0.15) is 17.7 Å². The van der Waals surface area contributed by atoms with Gasteiger partial charge in [-0.3, -0.25) is 0 Å². The number of halogens is 5. The molecule has 1 rings (SSSR count). The molecule has 0 atom stereocenters. The first-order chi connectivity index (χ1) is 8.28. The van der Waals surface area contributed by atoms with Crippen LogP contribution >= 0.6 is 0 Å². The molecule has 102 valence electrons. The minimum atomic E-state index is -5.02. The lowest BCUT2D eigenvalue weighted by Crippen LogP contribution is -2.19. The minimum Gasteiger partial charge on any atom is -0.494 e. The van der Waals surface area contributed by atoms with Gasteiger partial charge in [-0.25, -0.2) is 13.8 Å². The van der Waals surface area contributed by atoms with Crippen molar-refractivity contribution >= 4 is 0 Å². The smallest absolute Gasteiger partial charge is 0.494 e. The van der Waals surface area contributed by atoms with Crippen molar-refractivity contribution in [3.63, 3.8) is 0 Å². The predicted molar refractivity (Wildman–Crippen MR) is 50.3 cm³/mol. The zero-order valence-corrected chi connectivity index (χ0v) is 9.09. The molecule has 18 heavy (non-hydrogen) atoms. The van der Waals surface area contributed by atoms with Crippen molar-refractivity contribution in [2.24, 2.45) is 5.73 Å². The van der Waals surface area contributed by atoms with Crippen LogP contribution in [-0.2, 0) is 6.54 Å². The molecule has 0 unspecified atom stereocenters. The van der Waals surface area contributed by atoms with Gasteiger partial charge in [-0.2, -0.15) is 0 Å². The average molecular weight is 272 g/mol. The zero-order chi connectivity index (χ0) is 13.9. The van der Waals surface area contributed by atoms with Gasteiger partial charge in [0.15, 0.2) is 5.75 Å². The van der Waals surface area contributed by atoms with E-state index in [9.17, 15) is 22.0 Å². The standard InChI is InChI=1S/C9H9F5N2O2/c1-17-7-4(8(10)11)2-6(16-5(7)3-15)18-9(12,13)14/h2,8H,3,15H2,1H3. The van der Waals surface area contributed by atoms with Gasteiger partial charge >= 0.3 is 6.36 Å². The van der Waals surface area contributed by atoms with Crippen molar-refractivity contribution in [3.8, 4) is 11.6 Å². The maximum Gasteiger partial charge on any atom is 0.574 e. The number of pyridine rings is 1. The Morgan fingerprint density at radius 3 is 2.39 bits per heavy atom. The first-order valence-corrected chi connectivity index (χ1v) is 4.60. The normalized spacial score (nSPS) is 11.8. The fraction of sp³-hybridized carbons (Fsp3) is 0.444. The number of hydrogen-bond donors (Lipinski definition) is 1. The number of nitrogens with zero attached hydrogens (tertiary/aromatic N) is 1. The lowest BCUT2D eigenvalue weighted by atomic mass is 10.2. The second-order valence-corrected chi connectivity index (χ2v) is 3.08. The van der Waals surface area contributed by atoms with Crippen LogP contribution in [0.5, 0.6) is 11.6 Å². The van der Waals surface area contributed by atoms with E-state index in [1.807, 2.05) is 0 Å². The molecule has 0 aliphatic carbocycles. The van der Waals surface area contributed by atoms with Crippen LogP contribution in [0.3, 0.4) is 0 Å². The maximum atomic E-state index is 12.7. The van der Waals surface area contributed by atoms with Crippen LogP contribution in [0.2, 0.25) is 0 Å². The number of methoxy groups -OCH3 is 1. The third-order valence-electron chi connectivity index (χ3n) is 1.90. The summed E-state index contributed by atoms with van der Waals surface area (Å²) in [5.41, 5.74) is 4.21. The molecule has 0 spiro atoms. The van der Waals surface area contributed by atoms with Gasteiger partial charge in [0.05, 0.1) is 12.7 Å². The highest BCUT2D eigenvalue weighted by Gasteiger charge is 2.33. The number of rotatable bonds is 4. The Kier molecular flexibility index (Phi) is 4.28. The Hall–Kier alpha value is -1.64. The van der Waals surface area contributed by atoms with E-state index in [0.29, 0.717) is 6.07 Å². The molecule has 0 bridgehead atoms. The van der Waals surface area contributed by atoms with Gasteiger partial charge in [0.25, 0.3) is 6.43 Å². The van der Waals surface area contributed by atoms with Crippen molar-refractivity contribution in [2.75, 3.05) is 7.11 Å². The number of ether oxygens (including phenoxy) is 2. The Bertz CT molecular complexity index is 422. The molecule has 0 saturated heterocycles. The van der Waals surface area contributed by atoms with Crippen LogP contribution < -0.4 is 15.2 Å². The monoisotopic (exact) mass is 272 g/mol. The van der Waals surface area contributed by atoms with Gasteiger partial charge in [-0.15, -0.1) is 13.2 Å². The number of aromatic nitrogens is 1. The maximum absolute atomic E-state index is 12.7. The van der Waals surface area contributed by atoms with E-state index < -0.39 is 24.2 Å². The number of nitrogens with two attached hydrogens (primary N) is 1. The highest BCUT2D eigenvalue weighted by atomic mass is 19.4. The van der Waals surface area contributed by atoms with Crippen molar-refractivity contribution < 1.29 is 31.4 Å². The molecule has 1 heterocycles. The summed E-state index contributed by atoms with van der Waals surface area (Å²) in [7, 11) is 1.09. The molecule has 0 aromatic carbocycles. The van der Waals surface area contributed by atoms with E-state index in [1.165, 1.54) is 0 Å². The van der Waals surface area contributed by atoms with Crippen LogP contribution in [0, 0.1) is 0 Å². The molecule has 4 nitrogen and oxygen atoms in total. The fourth-order valence-electron chi connectivity index (χ4n) is 1.29. The summed E-state index contributed by atoms with van der Waals surface area (Å²) < 4.78 is 69.4. The number of hydrogen-bond acceptors (Lipinski definition) is 4. The average Bonchev–Trinajstić information content (AvgIpc) is 2.25. The Labute approximate surface area is 98.5 Å². The van der Waals surface area contributed by atoms with Crippen molar-refractivity contribution in [1.82, 2.24) is 4.98 Å². The predicted octanol–water partition coefficient (Wildman–Crippen LogP) is 2.39. The molecule has 1 aromatic heterocycles. The number of alkyl halides is 5. The Morgan fingerprint density at radius 1 is 1.39 bits per heavy atom. The van der Waals surface area contributed by atoms with Crippen LogP contribution in [0.15, 0.2) is 6.07 Å². The molecule has 0 aliphatic heterocycles. The molecular weight excluding hydrogens is 263 g/mol. The molecular formula is C9H9F5N2O2. The summed E-state index contributed by atoms with van der Waals surface area (Å²) in [4.78, 5) is 3.36. The first kappa shape index (κ1) is 14.4. The molecule has 1 aromatic rings. The second-order valence-electron chi connectivity index (χ2n) is 3.08. The van der Waals surface area contributed by atoms with Gasteiger partial charge in [0.2, 0.25) is 5.88 Å². The lowest BCUT2D eigenvalue weighted by Gasteiger charge is -2.14. The van der Waals surface area contributed by atoms with Gasteiger partial charge < -0.3 is 15.2 Å². The second kappa shape index (κ2) is 5.34. The lowest BCUT2D eigenvalue weighted by molar-refractivity contribution is -0.276. The third-order valence-corrected chi connectivity index (χ3v) is 1.90. The van der Waals surface area contributed by atoms with E-state index >= 15 is 0 Å². The summed E-state index contributed by atoms with van der Waals surface area (Å²) in [6.45, 7) is -0.363. The molecule has 9 heteroatoms. The third kappa shape index (κ3) is 3.42. The summed E-state index contributed by atoms with van der Waals surface area (Å²) >= 11 is 0. The molecule has 0 aliphatic rings. The highest BCUT2D eigenvalue weighted by Crippen LogP contribution is 2.35. The van der Waals surface area contributed by atoms with E-state index in [-0.39, 0.29) is 18.0 Å². The van der Waals surface area contributed by atoms with Crippen LogP contribution in [-0.4, -0.2) is 18.5 Å². The molecule has 0 saturated carbocycles. The van der Waals surface area contributed by atoms with Gasteiger partial charge in [0, 0.05) is 12.6 Å². The summed E-state index contributed by atoms with van der Waals surface area (Å²) in [6.07, 6.45) is -8.06. The van der Waals surface area contributed by atoms with Gasteiger partial charge in [-0.1, -0.05) is 0 Å². The molecule has 0 amide bonds. The summed E-state index contributed by atoms with van der Waals surface area (Å²) in [6, 6.07) is 0.468. The van der Waals surface area contributed by atoms with Gasteiger partial charge in [0.1, 0.15) is 5.69 Å². The van der Waals surface area contributed by atoms with Crippen molar-refractivity contribution in [2.45, 2.75) is 19.3 Å². The van der Waals surface area contributed by atoms with E-state index in [4.69, 9.17) is 5.73 Å². The SMILES string of the molecule is COc1c(C(F)F)cc(OC(F)(F)F)nc1CN. The molecule has 2 N–H and O–H groups in total. The Morgan fingerprint density at radius 2 is 2.00 bits per heavy atom. The van der Waals surface area contributed by atoms with E-state index in [1.54, 1.807) is 0 Å². The molecule has 0 radical (unpaired) electrons. The zero-order valence-electron chi connectivity index (χ0n) is 9.09. The van der Waals surface area contributed by atoms with E-state index in [0.717, 1.165) is 7.11 Å². The minimum absolute atomic E-state index is 0.241. The van der Waals surface area contributed by atoms with E-state index in [2.05, 4.69) is 14.5 Å².